The number of benzene rings is 1. The highest BCUT2D eigenvalue weighted by atomic mass is 32.1. The Morgan fingerprint density at radius 3 is 2.50 bits per heavy atom. The number of nitrogens with two attached hydrogens (primary N) is 1. The lowest BCUT2D eigenvalue weighted by molar-refractivity contribution is -0.118. The van der Waals surface area contributed by atoms with Gasteiger partial charge in [0.1, 0.15) is 16.4 Å². The number of ether oxygens (including phenoxy) is 1. The van der Waals surface area contributed by atoms with Crippen molar-refractivity contribution in [3.63, 3.8) is 0 Å². The molecule has 1 aliphatic heterocycles. The summed E-state index contributed by atoms with van der Waals surface area (Å²) in [6, 6.07) is 9.38. The molecule has 0 atom stereocenters. The van der Waals surface area contributed by atoms with E-state index in [4.69, 9.17) is 10.5 Å². The number of urea groups is 1. The number of carbonyl (C=O) groups excluding carboxylic acids is 3. The lowest BCUT2D eigenvalue weighted by atomic mass is 10.1. The van der Waals surface area contributed by atoms with Crippen LogP contribution in [0.2, 0.25) is 0 Å². The molecule has 2 N–H and O–H groups in total. The summed E-state index contributed by atoms with van der Waals surface area (Å²) in [5.41, 5.74) is 8.10. The summed E-state index contributed by atoms with van der Waals surface area (Å²) in [5.74, 6) is -1.11. The largest absolute Gasteiger partial charge is 0.465 e. The molecule has 3 rings (SSSR count). The Morgan fingerprint density at radius 1 is 1.21 bits per heavy atom. The summed E-state index contributed by atoms with van der Waals surface area (Å²) in [5, 5.41) is 0.629. The number of primary amides is 1. The molecule has 0 saturated carbocycles. The molecular formula is C20H21N3O4S. The first-order chi connectivity index (χ1) is 13.3. The quantitative estimate of drug-likeness (QED) is 0.756. The normalized spacial score (nSPS) is 13.5. The minimum atomic E-state index is -0.637. The summed E-state index contributed by atoms with van der Waals surface area (Å²) < 4.78 is 4.86. The predicted molar refractivity (Wildman–Crippen MR) is 108 cm³/mol. The second kappa shape index (κ2) is 7.85. The van der Waals surface area contributed by atoms with E-state index in [-0.39, 0.29) is 12.6 Å². The second-order valence-electron chi connectivity index (χ2n) is 6.40. The predicted octanol–water partition coefficient (Wildman–Crippen LogP) is 2.78. The number of rotatable bonds is 6. The van der Waals surface area contributed by atoms with Gasteiger partial charge in [0.25, 0.3) is 0 Å². The van der Waals surface area contributed by atoms with Gasteiger partial charge in [-0.1, -0.05) is 36.9 Å². The van der Waals surface area contributed by atoms with Crippen molar-refractivity contribution in [2.24, 2.45) is 5.73 Å². The number of hydrogen-bond acceptors (Lipinski definition) is 5. The van der Waals surface area contributed by atoms with E-state index in [2.05, 4.69) is 6.58 Å². The number of thiophene rings is 1. The molecular weight excluding hydrogens is 378 g/mol. The van der Waals surface area contributed by atoms with E-state index < -0.39 is 11.9 Å². The Bertz CT molecular complexity index is 952. The van der Waals surface area contributed by atoms with Crippen molar-refractivity contribution < 1.29 is 19.1 Å². The van der Waals surface area contributed by atoms with Gasteiger partial charge in [0.05, 0.1) is 7.11 Å². The second-order valence-corrected chi connectivity index (χ2v) is 7.40. The topological polar surface area (TPSA) is 92.9 Å². The first kappa shape index (κ1) is 19.6. The van der Waals surface area contributed by atoms with Crippen molar-refractivity contribution in [2.75, 3.05) is 25.1 Å². The number of carbonyl (C=O) groups is 3. The number of amides is 3. The zero-order chi connectivity index (χ0) is 20.4. The van der Waals surface area contributed by atoms with E-state index in [1.165, 1.54) is 23.3 Å². The van der Waals surface area contributed by atoms with Crippen molar-refractivity contribution >= 4 is 39.9 Å². The van der Waals surface area contributed by atoms with E-state index in [1.54, 1.807) is 11.8 Å². The van der Waals surface area contributed by atoms with E-state index >= 15 is 0 Å². The molecule has 28 heavy (non-hydrogen) atoms. The summed E-state index contributed by atoms with van der Waals surface area (Å²) in [4.78, 5) is 40.0. The number of hydrogen-bond donors (Lipinski definition) is 1. The number of nitrogens with zero attached hydrogens (tertiary/aromatic N) is 2. The van der Waals surface area contributed by atoms with E-state index in [0.717, 1.165) is 5.56 Å². The van der Waals surface area contributed by atoms with Crippen LogP contribution in [0, 0.1) is 6.92 Å². The van der Waals surface area contributed by atoms with Gasteiger partial charge < -0.3 is 10.5 Å². The number of methoxy groups -OCH3 is 1. The molecule has 1 aliphatic rings. The van der Waals surface area contributed by atoms with Crippen molar-refractivity contribution in [2.45, 2.75) is 13.3 Å². The molecule has 8 heteroatoms. The van der Waals surface area contributed by atoms with Gasteiger partial charge in [0.2, 0.25) is 5.91 Å². The molecule has 2 aromatic rings. The lowest BCUT2D eigenvalue weighted by Crippen LogP contribution is -2.49. The van der Waals surface area contributed by atoms with Crippen molar-refractivity contribution in [1.29, 1.82) is 0 Å². The Hall–Kier alpha value is -3.13. The third kappa shape index (κ3) is 3.50. The first-order valence-corrected chi connectivity index (χ1v) is 9.49. The minimum absolute atomic E-state index is 0.276. The van der Waals surface area contributed by atoms with Crippen molar-refractivity contribution in [3.8, 4) is 0 Å². The molecule has 7 nitrogen and oxygen atoms in total. The Labute approximate surface area is 167 Å². The fourth-order valence-electron chi connectivity index (χ4n) is 3.20. The van der Waals surface area contributed by atoms with Crippen LogP contribution >= 0.6 is 11.3 Å². The molecule has 146 valence electrons. The van der Waals surface area contributed by atoms with Crippen LogP contribution in [0.1, 0.15) is 26.4 Å². The molecule has 0 bridgehead atoms. The van der Waals surface area contributed by atoms with E-state index in [9.17, 15) is 14.4 Å². The minimum Gasteiger partial charge on any atom is -0.465 e. The van der Waals surface area contributed by atoms with Gasteiger partial charge in [0, 0.05) is 17.8 Å². The maximum Gasteiger partial charge on any atom is 0.348 e. The highest BCUT2D eigenvalue weighted by molar-refractivity contribution is 7.18. The average Bonchev–Trinajstić information content (AvgIpc) is 3.02. The molecule has 0 aliphatic carbocycles. The first-order valence-electron chi connectivity index (χ1n) is 8.67. The van der Waals surface area contributed by atoms with Gasteiger partial charge in [-0.3, -0.25) is 14.6 Å². The summed E-state index contributed by atoms with van der Waals surface area (Å²) in [6.45, 7) is 5.87. The van der Waals surface area contributed by atoms with Crippen LogP contribution in [0.4, 0.5) is 9.80 Å². The zero-order valence-electron chi connectivity index (χ0n) is 15.7. The molecule has 0 unspecified atom stereocenters. The van der Waals surface area contributed by atoms with Gasteiger partial charge in [-0.15, -0.1) is 11.3 Å². The van der Waals surface area contributed by atoms with Crippen LogP contribution in [-0.4, -0.2) is 43.0 Å². The molecule has 1 aromatic carbocycles. The Balaban J connectivity index is 2.03. The summed E-state index contributed by atoms with van der Waals surface area (Å²) in [6.07, 6.45) is 0.618. The van der Waals surface area contributed by atoms with Crippen LogP contribution in [0.15, 0.2) is 36.9 Å². The van der Waals surface area contributed by atoms with Gasteiger partial charge in [-0.05, 0) is 24.5 Å². The molecule has 0 saturated heterocycles. The third-order valence-electron chi connectivity index (χ3n) is 4.60. The maximum atomic E-state index is 13.1. The highest BCUT2D eigenvalue weighted by Crippen LogP contribution is 2.44. The number of fused-ring (bicyclic) bond motifs is 1. The van der Waals surface area contributed by atoms with Gasteiger partial charge in [0.15, 0.2) is 0 Å². The standard InChI is InChI=1S/C20H21N3O4S/c1-12-16-13(2)23(11-15(21)24)20(26)22(10-9-14-7-5-4-6-8-14)18(16)28-17(12)19(25)27-3/h4-8H,2,9-11H2,1,3H3,(H2,21,24). The number of esters is 1. The summed E-state index contributed by atoms with van der Waals surface area (Å²) in [7, 11) is 1.31. The average molecular weight is 399 g/mol. The smallest absolute Gasteiger partial charge is 0.348 e. The van der Waals surface area contributed by atoms with Crippen LogP contribution in [0.5, 0.6) is 0 Å². The zero-order valence-corrected chi connectivity index (χ0v) is 16.5. The molecule has 1 aromatic heterocycles. The molecule has 0 spiro atoms. The van der Waals surface area contributed by atoms with E-state index in [0.29, 0.717) is 39.7 Å². The number of anilines is 1. The van der Waals surface area contributed by atoms with Crippen LogP contribution in [0.3, 0.4) is 0 Å². The molecule has 0 fully saturated rings. The van der Waals surface area contributed by atoms with Crippen LogP contribution < -0.4 is 10.6 Å². The van der Waals surface area contributed by atoms with Crippen molar-refractivity contribution in [1.82, 2.24) is 4.90 Å². The van der Waals surface area contributed by atoms with E-state index in [1.807, 2.05) is 30.3 Å². The monoisotopic (exact) mass is 399 g/mol. The summed E-state index contributed by atoms with van der Waals surface area (Å²) >= 11 is 1.19. The Kier molecular flexibility index (Phi) is 5.51. The van der Waals surface area contributed by atoms with Gasteiger partial charge in [-0.25, -0.2) is 9.59 Å². The van der Waals surface area contributed by atoms with Gasteiger partial charge in [-0.2, -0.15) is 0 Å². The molecule has 3 amide bonds. The van der Waals surface area contributed by atoms with Crippen LogP contribution in [-0.2, 0) is 16.0 Å². The maximum absolute atomic E-state index is 13.1. The fraction of sp³-hybridized carbons (Fsp3) is 0.250. The van der Waals surface area contributed by atoms with Gasteiger partial charge >= 0.3 is 12.0 Å². The third-order valence-corrected chi connectivity index (χ3v) is 5.90. The fourth-order valence-corrected chi connectivity index (χ4v) is 4.47. The highest BCUT2D eigenvalue weighted by Gasteiger charge is 2.38. The molecule has 2 heterocycles. The molecule has 0 radical (unpaired) electrons. The van der Waals surface area contributed by atoms with Crippen molar-refractivity contribution in [3.05, 3.63) is 58.5 Å². The lowest BCUT2D eigenvalue weighted by Gasteiger charge is -2.36. The Morgan fingerprint density at radius 2 is 1.89 bits per heavy atom. The van der Waals surface area contributed by atoms with Crippen LogP contribution in [0.25, 0.3) is 5.70 Å². The SMILES string of the molecule is C=C1c2c(sc(C(=O)OC)c2C)N(CCc2ccccc2)C(=O)N1CC(N)=O.